The van der Waals surface area contributed by atoms with Crippen molar-refractivity contribution in [3.63, 3.8) is 0 Å². The van der Waals surface area contributed by atoms with Crippen LogP contribution in [0.25, 0.3) is 0 Å². The van der Waals surface area contributed by atoms with E-state index in [0.29, 0.717) is 17.0 Å². The minimum Gasteiger partial charge on any atom is -0.371 e. The fraction of sp³-hybridized carbons (Fsp3) is 0.533. The summed E-state index contributed by atoms with van der Waals surface area (Å²) in [6, 6.07) is 5.98. The Balaban J connectivity index is 2.29. The fourth-order valence-corrected chi connectivity index (χ4v) is 3.14. The first-order valence-electron chi connectivity index (χ1n) is 6.61. The number of carbonyl (C=O) groups excluding carboxylic acids is 1. The molecule has 0 aliphatic heterocycles. The molecule has 18 heavy (non-hydrogen) atoms. The molecule has 0 amide bonds. The molecule has 1 aromatic carbocycles. The summed E-state index contributed by atoms with van der Waals surface area (Å²) in [4.78, 5) is 13.4. The van der Waals surface area contributed by atoms with E-state index >= 15 is 0 Å². The SMILES string of the molecule is CC1CCCCC1N(C)c1cc(Cl)ccc1C=O. The van der Waals surface area contributed by atoms with Crippen molar-refractivity contribution >= 4 is 23.6 Å². The van der Waals surface area contributed by atoms with E-state index in [-0.39, 0.29) is 0 Å². The van der Waals surface area contributed by atoms with Gasteiger partial charge in [0, 0.05) is 29.4 Å². The Labute approximate surface area is 114 Å². The number of hydrogen-bond acceptors (Lipinski definition) is 2. The van der Waals surface area contributed by atoms with Crippen molar-refractivity contribution < 1.29 is 4.79 Å². The van der Waals surface area contributed by atoms with Crippen LogP contribution in [0.5, 0.6) is 0 Å². The average Bonchev–Trinajstić information content (AvgIpc) is 2.38. The zero-order chi connectivity index (χ0) is 13.1. The van der Waals surface area contributed by atoms with Crippen LogP contribution in [0.15, 0.2) is 18.2 Å². The zero-order valence-electron chi connectivity index (χ0n) is 11.0. The van der Waals surface area contributed by atoms with Crippen LogP contribution < -0.4 is 4.90 Å². The third kappa shape index (κ3) is 2.69. The highest BCUT2D eigenvalue weighted by atomic mass is 35.5. The molecule has 1 aliphatic rings. The summed E-state index contributed by atoms with van der Waals surface area (Å²) < 4.78 is 0. The first kappa shape index (κ1) is 13.4. The maximum absolute atomic E-state index is 11.1. The normalized spacial score (nSPS) is 23.7. The lowest BCUT2D eigenvalue weighted by atomic mass is 9.84. The first-order chi connectivity index (χ1) is 8.63. The monoisotopic (exact) mass is 265 g/mol. The summed E-state index contributed by atoms with van der Waals surface area (Å²) in [5, 5.41) is 0.686. The molecule has 1 aromatic rings. The molecule has 2 nitrogen and oxygen atoms in total. The van der Waals surface area contributed by atoms with E-state index in [1.807, 2.05) is 6.07 Å². The van der Waals surface area contributed by atoms with Crippen LogP contribution in [0.3, 0.4) is 0 Å². The number of carbonyl (C=O) groups is 1. The van der Waals surface area contributed by atoms with Gasteiger partial charge in [-0.2, -0.15) is 0 Å². The van der Waals surface area contributed by atoms with E-state index in [4.69, 9.17) is 11.6 Å². The van der Waals surface area contributed by atoms with Crippen LogP contribution in [0.4, 0.5) is 5.69 Å². The lowest BCUT2D eigenvalue weighted by Crippen LogP contribution is -2.39. The number of anilines is 1. The molecule has 1 fully saturated rings. The molecular weight excluding hydrogens is 246 g/mol. The standard InChI is InChI=1S/C15H20ClNO/c1-11-5-3-4-6-14(11)17(2)15-9-13(16)8-7-12(15)10-18/h7-11,14H,3-6H2,1-2H3. The van der Waals surface area contributed by atoms with E-state index in [9.17, 15) is 4.79 Å². The summed E-state index contributed by atoms with van der Waals surface area (Å²) in [5.74, 6) is 0.669. The molecular formula is C15H20ClNO. The van der Waals surface area contributed by atoms with Crippen LogP contribution in [0.2, 0.25) is 5.02 Å². The summed E-state index contributed by atoms with van der Waals surface area (Å²) in [6.07, 6.45) is 5.97. The van der Waals surface area contributed by atoms with E-state index in [1.165, 1.54) is 25.7 Å². The fourth-order valence-electron chi connectivity index (χ4n) is 2.97. The summed E-state index contributed by atoms with van der Waals surface area (Å²) in [7, 11) is 2.07. The first-order valence-corrected chi connectivity index (χ1v) is 6.99. The van der Waals surface area contributed by atoms with Crippen LogP contribution in [0, 0.1) is 5.92 Å². The second kappa shape index (κ2) is 5.75. The lowest BCUT2D eigenvalue weighted by molar-refractivity contribution is 0.112. The second-order valence-electron chi connectivity index (χ2n) is 5.26. The predicted molar refractivity (Wildman–Crippen MR) is 76.7 cm³/mol. The van der Waals surface area contributed by atoms with Gasteiger partial charge in [0.25, 0.3) is 0 Å². The Morgan fingerprint density at radius 3 is 2.72 bits per heavy atom. The number of benzene rings is 1. The highest BCUT2D eigenvalue weighted by Crippen LogP contribution is 2.32. The third-order valence-corrected chi connectivity index (χ3v) is 4.30. The van der Waals surface area contributed by atoms with E-state index < -0.39 is 0 Å². The second-order valence-corrected chi connectivity index (χ2v) is 5.70. The van der Waals surface area contributed by atoms with Crippen LogP contribution in [-0.2, 0) is 0 Å². The number of nitrogens with zero attached hydrogens (tertiary/aromatic N) is 1. The highest BCUT2D eigenvalue weighted by molar-refractivity contribution is 6.31. The van der Waals surface area contributed by atoms with Crippen molar-refractivity contribution in [2.45, 2.75) is 38.6 Å². The Morgan fingerprint density at radius 2 is 2.06 bits per heavy atom. The van der Waals surface area contributed by atoms with Crippen molar-refractivity contribution in [3.05, 3.63) is 28.8 Å². The Hall–Kier alpha value is -1.02. The van der Waals surface area contributed by atoms with Gasteiger partial charge in [0.2, 0.25) is 0 Å². The predicted octanol–water partition coefficient (Wildman–Crippen LogP) is 4.17. The zero-order valence-corrected chi connectivity index (χ0v) is 11.8. The van der Waals surface area contributed by atoms with Gasteiger partial charge in [-0.3, -0.25) is 4.79 Å². The number of halogens is 1. The minimum atomic E-state index is 0.510. The Bertz CT molecular complexity index is 433. The van der Waals surface area contributed by atoms with Gasteiger partial charge < -0.3 is 4.90 Å². The molecule has 0 saturated heterocycles. The molecule has 0 heterocycles. The quantitative estimate of drug-likeness (QED) is 0.765. The van der Waals surface area contributed by atoms with Crippen molar-refractivity contribution in [3.8, 4) is 0 Å². The smallest absolute Gasteiger partial charge is 0.152 e. The molecule has 0 bridgehead atoms. The Morgan fingerprint density at radius 1 is 1.33 bits per heavy atom. The van der Waals surface area contributed by atoms with Gasteiger partial charge in [-0.15, -0.1) is 0 Å². The highest BCUT2D eigenvalue weighted by Gasteiger charge is 2.26. The van der Waals surface area contributed by atoms with Crippen LogP contribution in [0.1, 0.15) is 43.0 Å². The minimum absolute atomic E-state index is 0.510. The Kier molecular flexibility index (Phi) is 4.28. The molecule has 98 valence electrons. The van der Waals surface area contributed by atoms with Crippen molar-refractivity contribution in [1.29, 1.82) is 0 Å². The van der Waals surface area contributed by atoms with E-state index in [1.54, 1.807) is 12.1 Å². The summed E-state index contributed by atoms with van der Waals surface area (Å²) in [5.41, 5.74) is 1.68. The third-order valence-electron chi connectivity index (χ3n) is 4.06. The van der Waals surface area contributed by atoms with Gasteiger partial charge in [-0.25, -0.2) is 0 Å². The van der Waals surface area contributed by atoms with E-state index in [0.717, 1.165) is 17.5 Å². The molecule has 1 saturated carbocycles. The molecule has 0 radical (unpaired) electrons. The maximum atomic E-state index is 11.1. The summed E-state index contributed by atoms with van der Waals surface area (Å²) in [6.45, 7) is 2.30. The van der Waals surface area contributed by atoms with Gasteiger partial charge >= 0.3 is 0 Å². The molecule has 2 atom stereocenters. The van der Waals surface area contributed by atoms with E-state index in [2.05, 4.69) is 18.9 Å². The van der Waals surface area contributed by atoms with Gasteiger partial charge in [0.05, 0.1) is 0 Å². The van der Waals surface area contributed by atoms with Crippen molar-refractivity contribution in [1.82, 2.24) is 0 Å². The number of aldehydes is 1. The summed E-state index contributed by atoms with van der Waals surface area (Å²) >= 11 is 6.05. The van der Waals surface area contributed by atoms with Crippen LogP contribution in [-0.4, -0.2) is 19.4 Å². The molecule has 0 aromatic heterocycles. The molecule has 0 spiro atoms. The number of rotatable bonds is 3. The van der Waals surface area contributed by atoms with Crippen molar-refractivity contribution in [2.75, 3.05) is 11.9 Å². The average molecular weight is 266 g/mol. The molecule has 2 unspecified atom stereocenters. The number of hydrogen-bond donors (Lipinski definition) is 0. The molecule has 2 rings (SSSR count). The largest absolute Gasteiger partial charge is 0.371 e. The molecule has 1 aliphatic carbocycles. The van der Waals surface area contributed by atoms with Gasteiger partial charge in [0.15, 0.2) is 6.29 Å². The lowest BCUT2D eigenvalue weighted by Gasteiger charge is -2.38. The topological polar surface area (TPSA) is 20.3 Å². The molecule has 3 heteroatoms. The van der Waals surface area contributed by atoms with Gasteiger partial charge in [-0.1, -0.05) is 31.4 Å². The van der Waals surface area contributed by atoms with Gasteiger partial charge in [-0.05, 0) is 37.0 Å². The van der Waals surface area contributed by atoms with Crippen molar-refractivity contribution in [2.24, 2.45) is 5.92 Å². The van der Waals surface area contributed by atoms with Crippen LogP contribution >= 0.6 is 11.6 Å². The molecule has 0 N–H and O–H groups in total. The maximum Gasteiger partial charge on any atom is 0.152 e. The van der Waals surface area contributed by atoms with Gasteiger partial charge in [0.1, 0.15) is 0 Å².